The number of nitrogens with two attached hydrogens (primary N) is 1. The van der Waals surface area contributed by atoms with Gasteiger partial charge in [-0.2, -0.15) is 0 Å². The lowest BCUT2D eigenvalue weighted by molar-refractivity contribution is 0.240. The molecule has 7 N–H and O–H groups in total. The number of amides is 1. The van der Waals surface area contributed by atoms with E-state index in [4.69, 9.17) is 4.89 Å². The predicted molar refractivity (Wildman–Crippen MR) is 37.0 cm³/mol. The third kappa shape index (κ3) is 3.58. The lowest BCUT2D eigenvalue weighted by Crippen LogP contribution is -2.10. The van der Waals surface area contributed by atoms with Crippen LogP contribution < -0.4 is 11.9 Å². The van der Waals surface area contributed by atoms with Gasteiger partial charge in [-0.05, 0) is 6.92 Å². The van der Waals surface area contributed by atoms with Crippen LogP contribution in [0.2, 0.25) is 0 Å². The Bertz CT molecular complexity index is 159. The number of carbonyl (C=O) groups is 1. The molecule has 0 aromatic carbocycles. The first-order valence-electron chi connectivity index (χ1n) is 2.28. The molecule has 0 aromatic rings. The molecule has 10 heavy (non-hydrogen) atoms. The number of rotatable bonds is 3. The number of hydrogen-bond donors (Lipinski definition) is 3. The van der Waals surface area contributed by atoms with Crippen LogP contribution in [0.1, 0.15) is 6.92 Å². The minimum Gasteiger partial charge on any atom is -0.369 e. The summed E-state index contributed by atoms with van der Waals surface area (Å²) in [7, 11) is -4.13. The van der Waals surface area contributed by atoms with Crippen LogP contribution in [0.5, 0.6) is 0 Å². The Balaban J connectivity index is 0. The van der Waals surface area contributed by atoms with Crippen LogP contribution in [0, 0.1) is 0 Å². The second-order valence-electron chi connectivity index (χ2n) is 1.28. The van der Waals surface area contributed by atoms with Gasteiger partial charge in [-0.1, -0.05) is 0 Å². The highest BCUT2D eigenvalue weighted by Gasteiger charge is 2.26. The zero-order valence-corrected chi connectivity index (χ0v) is 6.80. The van der Waals surface area contributed by atoms with Gasteiger partial charge in [-0.15, -0.1) is 0 Å². The van der Waals surface area contributed by atoms with E-state index in [9.17, 15) is 9.36 Å². The number of primary amides is 1. The van der Waals surface area contributed by atoms with E-state index in [0.29, 0.717) is 0 Å². The molecule has 0 aliphatic heterocycles. The number of carbonyl (C=O) groups excluding carboxylic acids is 1. The molecule has 7 heteroatoms. The van der Waals surface area contributed by atoms with E-state index in [1.807, 2.05) is 0 Å². The minimum atomic E-state index is -4.13. The average molecular weight is 171 g/mol. The van der Waals surface area contributed by atoms with E-state index >= 15 is 0 Å². The van der Waals surface area contributed by atoms with Gasteiger partial charge >= 0.3 is 13.2 Å². The summed E-state index contributed by atoms with van der Waals surface area (Å²) >= 11 is 0. The molecule has 0 saturated carbocycles. The fraction of sp³-hybridized carbons (Fsp3) is 0.667. The van der Waals surface area contributed by atoms with Crippen LogP contribution in [0.15, 0.2) is 0 Å². The molecular formula is C3H12N2O4P+. The molecule has 0 heterocycles. The SMILES string of the molecule is CCOP(=O)(O)C(N)=O.[NH4+]. The second-order valence-corrected chi connectivity index (χ2v) is 3.02. The van der Waals surface area contributed by atoms with Gasteiger partial charge in [0.1, 0.15) is 0 Å². The molecular weight excluding hydrogens is 159 g/mol. The van der Waals surface area contributed by atoms with Crippen molar-refractivity contribution in [3.63, 3.8) is 0 Å². The molecule has 1 unspecified atom stereocenters. The van der Waals surface area contributed by atoms with Crippen LogP contribution in [0.25, 0.3) is 0 Å². The molecule has 1 atom stereocenters. The first-order valence-corrected chi connectivity index (χ1v) is 3.85. The summed E-state index contributed by atoms with van der Waals surface area (Å²) in [6.45, 7) is 1.49. The van der Waals surface area contributed by atoms with Crippen LogP contribution in [-0.2, 0) is 9.09 Å². The minimum absolute atomic E-state index is 0. The highest BCUT2D eigenvalue weighted by atomic mass is 31.2. The molecule has 0 rings (SSSR count). The zero-order chi connectivity index (χ0) is 7.49. The van der Waals surface area contributed by atoms with Crippen molar-refractivity contribution in [3.8, 4) is 0 Å². The standard InChI is InChI=1S/C3H8NO4P.H3N/c1-2-8-9(6,7)3(4)5;/h2H2,1H3,(H2,4,5)(H,6,7);1H3/p+1. The summed E-state index contributed by atoms with van der Waals surface area (Å²) in [5.74, 6) is 0. The van der Waals surface area contributed by atoms with Gasteiger partial charge in [0.05, 0.1) is 6.61 Å². The predicted octanol–water partition coefficient (Wildman–Crippen LogP) is 0.663. The first kappa shape index (κ1) is 12.3. The van der Waals surface area contributed by atoms with E-state index in [1.165, 1.54) is 6.92 Å². The van der Waals surface area contributed by atoms with Crippen LogP contribution in [0.3, 0.4) is 0 Å². The third-order valence-electron chi connectivity index (χ3n) is 0.583. The van der Waals surface area contributed by atoms with Gasteiger partial charge in [0.15, 0.2) is 0 Å². The highest BCUT2D eigenvalue weighted by Crippen LogP contribution is 2.40. The average Bonchev–Trinajstić information content (AvgIpc) is 1.65. The topological polar surface area (TPSA) is 126 Å². The Kier molecular flexibility index (Phi) is 5.41. The third-order valence-corrected chi connectivity index (χ3v) is 1.75. The Hall–Kier alpha value is -0.420. The molecule has 6 nitrogen and oxygen atoms in total. The van der Waals surface area contributed by atoms with Gasteiger partial charge in [0.25, 0.3) is 0 Å². The van der Waals surface area contributed by atoms with Crippen LogP contribution >= 0.6 is 7.60 Å². The van der Waals surface area contributed by atoms with Crippen molar-refractivity contribution in [3.05, 3.63) is 0 Å². The maximum absolute atomic E-state index is 10.4. The lowest BCUT2D eigenvalue weighted by atomic mass is 10.9. The van der Waals surface area contributed by atoms with Gasteiger partial charge in [-0.3, -0.25) is 4.79 Å². The van der Waals surface area contributed by atoms with Crippen molar-refractivity contribution >= 4 is 13.2 Å². The van der Waals surface area contributed by atoms with Gasteiger partial charge < -0.3 is 21.3 Å². The maximum Gasteiger partial charge on any atom is 0.415 e. The molecule has 0 aromatic heterocycles. The maximum atomic E-state index is 10.4. The normalized spacial score (nSPS) is 15.0. The van der Waals surface area contributed by atoms with Crippen molar-refractivity contribution in [2.45, 2.75) is 6.92 Å². The van der Waals surface area contributed by atoms with Crippen molar-refractivity contribution in [1.29, 1.82) is 0 Å². The van der Waals surface area contributed by atoms with E-state index in [-0.39, 0.29) is 12.8 Å². The monoisotopic (exact) mass is 171 g/mol. The number of quaternary nitrogens is 1. The quantitative estimate of drug-likeness (QED) is 0.539. The van der Waals surface area contributed by atoms with Gasteiger partial charge in [0.2, 0.25) is 0 Å². The van der Waals surface area contributed by atoms with Gasteiger partial charge in [-0.25, -0.2) is 4.57 Å². The highest BCUT2D eigenvalue weighted by molar-refractivity contribution is 7.70. The summed E-state index contributed by atoms with van der Waals surface area (Å²) in [5, 5.41) is 0. The fourth-order valence-electron chi connectivity index (χ4n) is 0.239. The van der Waals surface area contributed by atoms with E-state index in [2.05, 4.69) is 10.3 Å². The van der Waals surface area contributed by atoms with Crippen molar-refractivity contribution in [1.82, 2.24) is 6.15 Å². The molecule has 0 spiro atoms. The lowest BCUT2D eigenvalue weighted by Gasteiger charge is -2.03. The molecule has 0 radical (unpaired) electrons. The summed E-state index contributed by atoms with van der Waals surface area (Å²) < 4.78 is 14.5. The molecule has 0 aliphatic rings. The molecule has 0 saturated heterocycles. The zero-order valence-electron chi connectivity index (χ0n) is 5.90. The summed E-state index contributed by atoms with van der Waals surface area (Å²) in [6, 6.07) is 0. The summed E-state index contributed by atoms with van der Waals surface area (Å²) in [4.78, 5) is 18.4. The summed E-state index contributed by atoms with van der Waals surface area (Å²) in [6.07, 6.45) is 0. The van der Waals surface area contributed by atoms with Crippen molar-refractivity contribution in [2.75, 3.05) is 6.61 Å². The van der Waals surface area contributed by atoms with Gasteiger partial charge in [0, 0.05) is 0 Å². The molecule has 0 bridgehead atoms. The second kappa shape index (κ2) is 4.40. The molecule has 0 aliphatic carbocycles. The Labute approximate surface area is 58.5 Å². The largest absolute Gasteiger partial charge is 0.415 e. The smallest absolute Gasteiger partial charge is 0.369 e. The Morgan fingerprint density at radius 2 is 2.20 bits per heavy atom. The van der Waals surface area contributed by atoms with Crippen LogP contribution in [0.4, 0.5) is 4.79 Å². The Morgan fingerprint density at radius 1 is 1.80 bits per heavy atom. The van der Waals surface area contributed by atoms with E-state index in [1.54, 1.807) is 0 Å². The molecule has 0 fully saturated rings. The molecule has 1 amide bonds. The summed E-state index contributed by atoms with van der Waals surface area (Å²) in [5.41, 5.74) is 3.16. The van der Waals surface area contributed by atoms with Crippen LogP contribution in [-0.4, -0.2) is 17.1 Å². The number of hydrogen-bond acceptors (Lipinski definition) is 3. The fourth-order valence-corrected chi connectivity index (χ4v) is 0.716. The molecule has 62 valence electrons. The van der Waals surface area contributed by atoms with E-state index in [0.717, 1.165) is 0 Å². The van der Waals surface area contributed by atoms with E-state index < -0.39 is 13.2 Å². The van der Waals surface area contributed by atoms with Crippen molar-refractivity contribution < 1.29 is 18.8 Å². The first-order chi connectivity index (χ1) is 4.00. The van der Waals surface area contributed by atoms with Crippen molar-refractivity contribution in [2.24, 2.45) is 5.73 Å². The Morgan fingerprint density at radius 3 is 2.30 bits per heavy atom.